The van der Waals surface area contributed by atoms with Crippen molar-refractivity contribution in [3.63, 3.8) is 0 Å². The van der Waals surface area contributed by atoms with Crippen LogP contribution in [0.15, 0.2) is 22.7 Å². The molecule has 4 rings (SSSR count). The first-order valence-corrected chi connectivity index (χ1v) is 8.65. The predicted octanol–water partition coefficient (Wildman–Crippen LogP) is 2.94. The van der Waals surface area contributed by atoms with Gasteiger partial charge in [-0.25, -0.2) is 0 Å². The summed E-state index contributed by atoms with van der Waals surface area (Å²) in [7, 11) is 0. The molecule has 2 aliphatic rings. The number of likely N-dealkylation sites (tertiary alicyclic amines) is 1. The maximum atomic E-state index is 13.0. The van der Waals surface area contributed by atoms with E-state index >= 15 is 0 Å². The maximum Gasteiger partial charge on any atom is 0.257 e. The van der Waals surface area contributed by atoms with E-state index in [1.807, 2.05) is 30.9 Å². The van der Waals surface area contributed by atoms with E-state index in [9.17, 15) is 4.79 Å². The van der Waals surface area contributed by atoms with Crippen LogP contribution < -0.4 is 9.47 Å². The van der Waals surface area contributed by atoms with E-state index < -0.39 is 0 Å². The molecule has 1 amide bonds. The van der Waals surface area contributed by atoms with Crippen LogP contribution in [0.4, 0.5) is 0 Å². The summed E-state index contributed by atoms with van der Waals surface area (Å²) in [5.74, 6) is 2.76. The molecule has 25 heavy (non-hydrogen) atoms. The first-order chi connectivity index (χ1) is 12.1. The summed E-state index contributed by atoms with van der Waals surface area (Å²) < 4.78 is 16.2. The van der Waals surface area contributed by atoms with Gasteiger partial charge in [-0.2, -0.15) is 4.98 Å². The Kier molecular flexibility index (Phi) is 4.07. The number of nitrogens with zero attached hydrogens (tertiary/aromatic N) is 3. The van der Waals surface area contributed by atoms with Gasteiger partial charge in [0.2, 0.25) is 12.7 Å². The standard InChI is InChI=1S/C18H21N3O4/c1-11(2)17-19-16(20-25-17)12-5-4-8-21(9-12)18(22)13-6-3-7-14-15(13)24-10-23-14/h3,6-7,11-12H,4-5,8-10H2,1-2H3/t12-/m0/s1. The minimum absolute atomic E-state index is 0.0420. The number of rotatable bonds is 3. The third kappa shape index (κ3) is 2.94. The number of aromatic nitrogens is 2. The molecular weight excluding hydrogens is 322 g/mol. The number of carbonyl (C=O) groups excluding carboxylic acids is 1. The minimum atomic E-state index is -0.0420. The van der Waals surface area contributed by atoms with Crippen molar-refractivity contribution in [1.82, 2.24) is 15.0 Å². The van der Waals surface area contributed by atoms with Crippen LogP contribution in [0.1, 0.15) is 60.6 Å². The lowest BCUT2D eigenvalue weighted by atomic mass is 9.96. The molecule has 1 aromatic carbocycles. The van der Waals surface area contributed by atoms with Crippen LogP contribution >= 0.6 is 0 Å². The molecule has 0 aliphatic carbocycles. The number of benzene rings is 1. The highest BCUT2D eigenvalue weighted by Crippen LogP contribution is 2.37. The van der Waals surface area contributed by atoms with Crippen molar-refractivity contribution in [2.24, 2.45) is 0 Å². The highest BCUT2D eigenvalue weighted by Gasteiger charge is 2.31. The normalized spacial score (nSPS) is 19.5. The quantitative estimate of drug-likeness (QED) is 0.853. The summed E-state index contributed by atoms with van der Waals surface area (Å²) in [6.07, 6.45) is 1.86. The molecule has 0 radical (unpaired) electrons. The third-order valence-electron chi connectivity index (χ3n) is 4.65. The van der Waals surface area contributed by atoms with Gasteiger partial charge in [0, 0.05) is 24.9 Å². The maximum absolute atomic E-state index is 13.0. The third-order valence-corrected chi connectivity index (χ3v) is 4.65. The molecule has 0 unspecified atom stereocenters. The van der Waals surface area contributed by atoms with E-state index in [1.54, 1.807) is 6.07 Å². The van der Waals surface area contributed by atoms with Crippen molar-refractivity contribution in [3.8, 4) is 11.5 Å². The number of carbonyl (C=O) groups is 1. The van der Waals surface area contributed by atoms with Crippen molar-refractivity contribution in [1.29, 1.82) is 0 Å². The van der Waals surface area contributed by atoms with E-state index in [0.29, 0.717) is 35.3 Å². The van der Waals surface area contributed by atoms with Gasteiger partial charge in [0.1, 0.15) is 0 Å². The zero-order valence-corrected chi connectivity index (χ0v) is 14.4. The molecule has 0 saturated carbocycles. The van der Waals surface area contributed by atoms with Gasteiger partial charge >= 0.3 is 0 Å². The highest BCUT2D eigenvalue weighted by atomic mass is 16.7. The summed E-state index contributed by atoms with van der Waals surface area (Å²) in [6.45, 7) is 5.50. The van der Waals surface area contributed by atoms with Crippen molar-refractivity contribution < 1.29 is 18.8 Å². The molecule has 0 bridgehead atoms. The summed E-state index contributed by atoms with van der Waals surface area (Å²) in [6, 6.07) is 5.41. The van der Waals surface area contributed by atoms with E-state index in [-0.39, 0.29) is 24.5 Å². The van der Waals surface area contributed by atoms with Crippen molar-refractivity contribution >= 4 is 5.91 Å². The van der Waals surface area contributed by atoms with Crippen molar-refractivity contribution in [3.05, 3.63) is 35.5 Å². The second-order valence-corrected chi connectivity index (χ2v) is 6.78. The summed E-state index contributed by atoms with van der Waals surface area (Å²) in [5.41, 5.74) is 0.548. The van der Waals surface area contributed by atoms with E-state index in [4.69, 9.17) is 14.0 Å². The Bertz CT molecular complexity index is 786. The summed E-state index contributed by atoms with van der Waals surface area (Å²) in [4.78, 5) is 19.3. The van der Waals surface area contributed by atoms with Gasteiger partial charge in [-0.15, -0.1) is 0 Å². The molecule has 0 spiro atoms. The SMILES string of the molecule is CC(C)c1nc([C@H]2CCCN(C(=O)c3cccc4c3OCO4)C2)no1. The number of para-hydroxylation sites is 1. The topological polar surface area (TPSA) is 77.7 Å². The molecule has 1 fully saturated rings. The molecule has 7 nitrogen and oxygen atoms in total. The van der Waals surface area contributed by atoms with E-state index in [2.05, 4.69) is 10.1 Å². The lowest BCUT2D eigenvalue weighted by Crippen LogP contribution is -2.39. The fourth-order valence-corrected chi connectivity index (χ4v) is 3.29. The van der Waals surface area contributed by atoms with Crippen LogP contribution in [0.3, 0.4) is 0 Å². The Balaban J connectivity index is 1.53. The number of ether oxygens (including phenoxy) is 2. The second-order valence-electron chi connectivity index (χ2n) is 6.78. The number of hydrogen-bond donors (Lipinski definition) is 0. The smallest absolute Gasteiger partial charge is 0.257 e. The van der Waals surface area contributed by atoms with Crippen LogP contribution in [-0.2, 0) is 0 Å². The minimum Gasteiger partial charge on any atom is -0.454 e. The molecule has 2 aliphatic heterocycles. The lowest BCUT2D eigenvalue weighted by molar-refractivity contribution is 0.0699. The van der Waals surface area contributed by atoms with Gasteiger partial charge in [-0.05, 0) is 25.0 Å². The summed E-state index contributed by atoms with van der Waals surface area (Å²) >= 11 is 0. The van der Waals surface area contributed by atoms with Gasteiger partial charge in [0.05, 0.1) is 5.56 Å². The number of hydrogen-bond acceptors (Lipinski definition) is 6. The van der Waals surface area contributed by atoms with E-state index in [0.717, 1.165) is 19.4 Å². The first-order valence-electron chi connectivity index (χ1n) is 8.65. The number of piperidine rings is 1. The van der Waals surface area contributed by atoms with Gasteiger partial charge in [-0.1, -0.05) is 25.1 Å². The monoisotopic (exact) mass is 343 g/mol. The van der Waals surface area contributed by atoms with Crippen molar-refractivity contribution in [2.75, 3.05) is 19.9 Å². The lowest BCUT2D eigenvalue weighted by Gasteiger charge is -2.31. The van der Waals surface area contributed by atoms with Gasteiger partial charge in [-0.3, -0.25) is 4.79 Å². The largest absolute Gasteiger partial charge is 0.454 e. The Hall–Kier alpha value is -2.57. The zero-order chi connectivity index (χ0) is 17.4. The fraction of sp³-hybridized carbons (Fsp3) is 0.500. The Morgan fingerprint density at radius 1 is 1.32 bits per heavy atom. The molecule has 0 N–H and O–H groups in total. The molecule has 132 valence electrons. The average Bonchev–Trinajstić information content (AvgIpc) is 3.30. The van der Waals surface area contributed by atoms with E-state index in [1.165, 1.54) is 0 Å². The molecule has 1 atom stereocenters. The molecule has 2 aromatic rings. The Labute approximate surface area is 145 Å². The van der Waals surface area contributed by atoms with Crippen LogP contribution in [0.5, 0.6) is 11.5 Å². The number of amides is 1. The zero-order valence-electron chi connectivity index (χ0n) is 14.4. The highest BCUT2D eigenvalue weighted by molar-refractivity contribution is 5.98. The van der Waals surface area contributed by atoms with Crippen LogP contribution in [0.25, 0.3) is 0 Å². The van der Waals surface area contributed by atoms with Gasteiger partial charge in [0.25, 0.3) is 5.91 Å². The molecule has 1 saturated heterocycles. The Morgan fingerprint density at radius 3 is 3.00 bits per heavy atom. The first kappa shape index (κ1) is 15.9. The fourth-order valence-electron chi connectivity index (χ4n) is 3.29. The van der Waals surface area contributed by atoms with Crippen molar-refractivity contribution in [2.45, 2.75) is 38.5 Å². The van der Waals surface area contributed by atoms with Gasteiger partial charge in [0.15, 0.2) is 17.3 Å². The molecule has 7 heteroatoms. The van der Waals surface area contributed by atoms with Crippen LogP contribution in [0, 0.1) is 0 Å². The Morgan fingerprint density at radius 2 is 2.20 bits per heavy atom. The molecular formula is C18H21N3O4. The number of fused-ring (bicyclic) bond motifs is 1. The predicted molar refractivity (Wildman–Crippen MR) is 88.8 cm³/mol. The molecule has 3 heterocycles. The van der Waals surface area contributed by atoms with Crippen LogP contribution in [0.2, 0.25) is 0 Å². The second kappa shape index (κ2) is 6.38. The summed E-state index contributed by atoms with van der Waals surface area (Å²) in [5, 5.41) is 4.12. The van der Waals surface area contributed by atoms with Crippen LogP contribution in [-0.4, -0.2) is 40.8 Å². The van der Waals surface area contributed by atoms with Gasteiger partial charge < -0.3 is 18.9 Å². The average molecular weight is 343 g/mol. The molecule has 1 aromatic heterocycles.